The van der Waals surface area contributed by atoms with Crippen LogP contribution in [0.3, 0.4) is 0 Å². The van der Waals surface area contributed by atoms with E-state index in [1.54, 1.807) is 0 Å². The molecule has 0 radical (unpaired) electrons. The highest BCUT2D eigenvalue weighted by molar-refractivity contribution is 5.81. The zero-order valence-electron chi connectivity index (χ0n) is 17.7. The van der Waals surface area contributed by atoms with Gasteiger partial charge in [0, 0.05) is 31.4 Å². The zero-order chi connectivity index (χ0) is 20.0. The maximum atomic E-state index is 12.8. The first-order chi connectivity index (χ1) is 12.8. The van der Waals surface area contributed by atoms with Crippen molar-refractivity contribution in [3.8, 4) is 0 Å². The van der Waals surface area contributed by atoms with Crippen molar-refractivity contribution >= 4 is 11.6 Å². The molecule has 1 amide bonds. The number of likely N-dealkylation sites (tertiary alicyclic amines) is 1. The molecule has 4 heteroatoms. The van der Waals surface area contributed by atoms with E-state index in [1.807, 2.05) is 4.90 Å². The third-order valence-corrected chi connectivity index (χ3v) is 5.25. The lowest BCUT2D eigenvalue weighted by atomic mass is 9.99. The van der Waals surface area contributed by atoms with Crippen LogP contribution in [-0.4, -0.2) is 42.5 Å². The summed E-state index contributed by atoms with van der Waals surface area (Å²) in [7, 11) is 0. The Morgan fingerprint density at radius 2 is 1.96 bits per heavy atom. The van der Waals surface area contributed by atoms with Crippen LogP contribution in [0.25, 0.3) is 0 Å². The van der Waals surface area contributed by atoms with E-state index in [0.717, 1.165) is 38.9 Å². The van der Waals surface area contributed by atoms with Gasteiger partial charge in [0.2, 0.25) is 5.91 Å². The fourth-order valence-electron chi connectivity index (χ4n) is 3.73. The summed E-state index contributed by atoms with van der Waals surface area (Å²) in [4.78, 5) is 17.3. The number of anilines is 1. The van der Waals surface area contributed by atoms with Crippen LogP contribution in [-0.2, 0) is 4.79 Å². The van der Waals surface area contributed by atoms with Gasteiger partial charge in [-0.2, -0.15) is 0 Å². The summed E-state index contributed by atoms with van der Waals surface area (Å²) in [6, 6.07) is 8.66. The topological polar surface area (TPSA) is 49.6 Å². The minimum atomic E-state index is -0.380. The van der Waals surface area contributed by atoms with E-state index in [0.29, 0.717) is 12.0 Å². The number of rotatable bonds is 7. The quantitative estimate of drug-likeness (QED) is 0.733. The molecule has 4 nitrogen and oxygen atoms in total. The first-order valence-electron chi connectivity index (χ1n) is 10.3. The molecule has 1 heterocycles. The molecule has 2 rings (SSSR count). The number of carbonyl (C=O) groups is 1. The monoisotopic (exact) mass is 371 g/mol. The molecule has 1 aliphatic heterocycles. The Morgan fingerprint density at radius 3 is 2.56 bits per heavy atom. The van der Waals surface area contributed by atoms with Crippen LogP contribution in [0.2, 0.25) is 0 Å². The van der Waals surface area contributed by atoms with E-state index in [2.05, 4.69) is 69.9 Å². The maximum Gasteiger partial charge on any atom is 0.239 e. The lowest BCUT2D eigenvalue weighted by Crippen LogP contribution is -2.54. The average molecular weight is 372 g/mol. The number of nitrogens with zero attached hydrogens (tertiary/aromatic N) is 2. The first-order valence-corrected chi connectivity index (χ1v) is 10.3. The summed E-state index contributed by atoms with van der Waals surface area (Å²) in [5.74, 6) is 0.547. The van der Waals surface area contributed by atoms with Crippen molar-refractivity contribution in [1.82, 2.24) is 4.90 Å². The number of piperidine rings is 1. The van der Waals surface area contributed by atoms with Crippen molar-refractivity contribution in [3.63, 3.8) is 0 Å². The molecule has 0 bridgehead atoms. The van der Waals surface area contributed by atoms with E-state index in [4.69, 9.17) is 5.73 Å². The summed E-state index contributed by atoms with van der Waals surface area (Å²) in [5, 5.41) is 0. The third-order valence-electron chi connectivity index (χ3n) is 5.25. The molecule has 2 N–H and O–H groups in total. The minimum absolute atomic E-state index is 0.111. The summed E-state index contributed by atoms with van der Waals surface area (Å²) in [6.07, 6.45) is 5.15. The third kappa shape index (κ3) is 6.39. The van der Waals surface area contributed by atoms with E-state index < -0.39 is 0 Å². The lowest BCUT2D eigenvalue weighted by molar-refractivity contribution is -0.134. The van der Waals surface area contributed by atoms with Crippen LogP contribution in [0.15, 0.2) is 35.9 Å². The first kappa shape index (κ1) is 21.5. The van der Waals surface area contributed by atoms with E-state index in [9.17, 15) is 4.79 Å². The van der Waals surface area contributed by atoms with Crippen molar-refractivity contribution in [1.29, 1.82) is 0 Å². The Hall–Kier alpha value is -1.81. The second-order valence-electron chi connectivity index (χ2n) is 8.59. The molecule has 1 aromatic carbocycles. The highest BCUT2D eigenvalue weighted by Gasteiger charge is 2.30. The molecule has 0 aromatic heterocycles. The molecule has 150 valence electrons. The lowest BCUT2D eigenvalue weighted by Gasteiger charge is -2.41. The number of carbonyl (C=O) groups excluding carboxylic acids is 1. The van der Waals surface area contributed by atoms with E-state index in [1.165, 1.54) is 16.8 Å². The summed E-state index contributed by atoms with van der Waals surface area (Å²) in [5.41, 5.74) is 9.99. The number of benzene rings is 1. The number of aryl methyl sites for hydroxylation is 1. The van der Waals surface area contributed by atoms with Crippen molar-refractivity contribution in [2.75, 3.05) is 24.5 Å². The molecular weight excluding hydrogens is 334 g/mol. The number of hydrogen-bond acceptors (Lipinski definition) is 3. The largest absolute Gasteiger partial charge is 0.363 e. The van der Waals surface area contributed by atoms with E-state index in [-0.39, 0.29) is 11.9 Å². The van der Waals surface area contributed by atoms with Crippen molar-refractivity contribution in [2.45, 2.75) is 66.0 Å². The van der Waals surface area contributed by atoms with Crippen LogP contribution >= 0.6 is 0 Å². The second-order valence-corrected chi connectivity index (χ2v) is 8.59. The molecule has 0 aliphatic carbocycles. The Morgan fingerprint density at radius 1 is 1.30 bits per heavy atom. The van der Waals surface area contributed by atoms with Crippen LogP contribution in [0.1, 0.15) is 52.5 Å². The van der Waals surface area contributed by atoms with Gasteiger partial charge in [-0.25, -0.2) is 0 Å². The van der Waals surface area contributed by atoms with Gasteiger partial charge in [0.25, 0.3) is 0 Å². The van der Waals surface area contributed by atoms with Crippen molar-refractivity contribution in [3.05, 3.63) is 41.5 Å². The summed E-state index contributed by atoms with van der Waals surface area (Å²) >= 11 is 0. The molecule has 27 heavy (non-hydrogen) atoms. The molecule has 1 fully saturated rings. The van der Waals surface area contributed by atoms with Gasteiger partial charge >= 0.3 is 0 Å². The minimum Gasteiger partial charge on any atom is -0.363 e. The Kier molecular flexibility index (Phi) is 7.91. The van der Waals surface area contributed by atoms with Gasteiger partial charge in [0.05, 0.1) is 6.04 Å². The van der Waals surface area contributed by atoms with Crippen LogP contribution < -0.4 is 10.6 Å². The van der Waals surface area contributed by atoms with Gasteiger partial charge in [-0.05, 0) is 58.1 Å². The fraction of sp³-hybridized carbons (Fsp3) is 0.609. The fourth-order valence-corrected chi connectivity index (χ4v) is 3.73. The van der Waals surface area contributed by atoms with Crippen LogP contribution in [0.5, 0.6) is 0 Å². The predicted octanol–water partition coefficient (Wildman–Crippen LogP) is 4.13. The second kappa shape index (κ2) is 9.93. The standard InChI is InChI=1S/C23H37N3O/c1-17(2)12-14-26(20-10-8-19(5)9-11-20)21-7-6-13-25(16-21)23(27)22(24)15-18(3)4/h8-12,18,21-22H,6-7,13-16,24H2,1-5H3. The average Bonchev–Trinajstić information content (AvgIpc) is 2.62. The highest BCUT2D eigenvalue weighted by Crippen LogP contribution is 2.24. The number of amides is 1. The normalized spacial score (nSPS) is 18.3. The van der Waals surface area contributed by atoms with Gasteiger partial charge in [-0.15, -0.1) is 0 Å². The van der Waals surface area contributed by atoms with Gasteiger partial charge in [0.15, 0.2) is 0 Å². The molecule has 0 spiro atoms. The zero-order valence-corrected chi connectivity index (χ0v) is 17.7. The van der Waals surface area contributed by atoms with Gasteiger partial charge < -0.3 is 15.5 Å². The van der Waals surface area contributed by atoms with Crippen LogP contribution in [0, 0.1) is 12.8 Å². The molecule has 2 atom stereocenters. The molecular formula is C23H37N3O. The smallest absolute Gasteiger partial charge is 0.239 e. The molecule has 1 saturated heterocycles. The Labute approximate surface area is 165 Å². The van der Waals surface area contributed by atoms with Gasteiger partial charge in [-0.1, -0.05) is 43.2 Å². The number of hydrogen-bond donors (Lipinski definition) is 1. The summed E-state index contributed by atoms with van der Waals surface area (Å²) in [6.45, 7) is 13.1. The molecule has 1 aliphatic rings. The van der Waals surface area contributed by atoms with Crippen LogP contribution in [0.4, 0.5) is 5.69 Å². The Balaban J connectivity index is 2.15. The predicted molar refractivity (Wildman–Crippen MR) is 115 cm³/mol. The molecule has 0 saturated carbocycles. The Bertz CT molecular complexity index is 632. The number of nitrogens with two attached hydrogens (primary N) is 1. The van der Waals surface area contributed by atoms with E-state index >= 15 is 0 Å². The van der Waals surface area contributed by atoms with Crippen molar-refractivity contribution < 1.29 is 4.79 Å². The molecule has 1 aromatic rings. The van der Waals surface area contributed by atoms with Crippen molar-refractivity contribution in [2.24, 2.45) is 11.7 Å². The summed E-state index contributed by atoms with van der Waals surface area (Å²) < 4.78 is 0. The van der Waals surface area contributed by atoms with Gasteiger partial charge in [0.1, 0.15) is 0 Å². The van der Waals surface area contributed by atoms with Gasteiger partial charge in [-0.3, -0.25) is 4.79 Å². The number of allylic oxidation sites excluding steroid dienone is 1. The maximum absolute atomic E-state index is 12.8. The molecule has 2 unspecified atom stereocenters. The SMILES string of the molecule is CC(C)=CCN(c1ccc(C)cc1)C1CCCN(C(=O)C(N)CC(C)C)C1. The highest BCUT2D eigenvalue weighted by atomic mass is 16.2.